The molecule has 154 valence electrons. The molecule has 0 unspecified atom stereocenters. The van der Waals surface area contributed by atoms with Gasteiger partial charge in [0.05, 0.1) is 18.3 Å². The normalized spacial score (nSPS) is 18.1. The van der Waals surface area contributed by atoms with Crippen molar-refractivity contribution in [2.24, 2.45) is 0 Å². The van der Waals surface area contributed by atoms with Crippen LogP contribution in [0.3, 0.4) is 0 Å². The molecule has 5 nitrogen and oxygen atoms in total. The molecule has 2 fully saturated rings. The van der Waals surface area contributed by atoms with E-state index in [2.05, 4.69) is 9.88 Å². The fourth-order valence-electron chi connectivity index (χ4n) is 4.11. The van der Waals surface area contributed by atoms with Crippen LogP contribution in [0, 0.1) is 5.82 Å². The number of pyridine rings is 1. The Morgan fingerprint density at radius 3 is 2.48 bits per heavy atom. The van der Waals surface area contributed by atoms with Gasteiger partial charge < -0.3 is 14.5 Å². The van der Waals surface area contributed by atoms with Crippen LogP contribution in [0.2, 0.25) is 0 Å². The standard InChI is InChI=1S/C23H28FN3O2/c24-19-8-6-18(7-9-19)17-29-20-10-15-26(16-11-20)22-21(5-4-12-25-22)23(28)27-13-2-1-3-14-27/h4-9,12,20H,1-3,10-11,13-17H2. The summed E-state index contributed by atoms with van der Waals surface area (Å²) in [5.41, 5.74) is 1.69. The van der Waals surface area contributed by atoms with Crippen molar-refractivity contribution < 1.29 is 13.9 Å². The van der Waals surface area contributed by atoms with E-state index in [4.69, 9.17) is 4.74 Å². The second-order valence-corrected chi connectivity index (χ2v) is 7.85. The van der Waals surface area contributed by atoms with Gasteiger partial charge >= 0.3 is 0 Å². The highest BCUT2D eigenvalue weighted by molar-refractivity contribution is 5.99. The van der Waals surface area contributed by atoms with Crippen LogP contribution in [0.4, 0.5) is 10.2 Å². The number of likely N-dealkylation sites (tertiary alicyclic amines) is 1. The maximum absolute atomic E-state index is 13.0. The molecule has 3 heterocycles. The SMILES string of the molecule is O=C(c1cccnc1N1CCC(OCc2ccc(F)cc2)CC1)N1CCCCC1. The third kappa shape index (κ3) is 4.93. The number of benzene rings is 1. The number of rotatable bonds is 5. The third-order valence-corrected chi connectivity index (χ3v) is 5.80. The van der Waals surface area contributed by atoms with Crippen molar-refractivity contribution in [1.82, 2.24) is 9.88 Å². The van der Waals surface area contributed by atoms with Crippen molar-refractivity contribution in [2.45, 2.75) is 44.8 Å². The van der Waals surface area contributed by atoms with E-state index in [0.717, 1.165) is 63.2 Å². The zero-order valence-electron chi connectivity index (χ0n) is 16.7. The van der Waals surface area contributed by atoms with Crippen LogP contribution in [-0.4, -0.2) is 48.1 Å². The minimum absolute atomic E-state index is 0.0995. The molecule has 0 N–H and O–H groups in total. The summed E-state index contributed by atoms with van der Waals surface area (Å²) < 4.78 is 19.0. The number of piperidine rings is 2. The van der Waals surface area contributed by atoms with E-state index in [-0.39, 0.29) is 17.8 Å². The van der Waals surface area contributed by atoms with Crippen LogP contribution >= 0.6 is 0 Å². The molecule has 0 radical (unpaired) electrons. The largest absolute Gasteiger partial charge is 0.373 e. The second kappa shape index (κ2) is 9.35. The predicted octanol–water partition coefficient (Wildman–Crippen LogP) is 4.03. The first-order valence-electron chi connectivity index (χ1n) is 10.6. The lowest BCUT2D eigenvalue weighted by molar-refractivity contribution is 0.0250. The quantitative estimate of drug-likeness (QED) is 0.764. The molecule has 0 spiro atoms. The zero-order valence-corrected chi connectivity index (χ0v) is 16.7. The average Bonchev–Trinajstić information content (AvgIpc) is 2.79. The lowest BCUT2D eigenvalue weighted by atomic mass is 10.1. The van der Waals surface area contributed by atoms with E-state index in [1.165, 1.54) is 18.6 Å². The minimum atomic E-state index is -0.229. The highest BCUT2D eigenvalue weighted by Gasteiger charge is 2.26. The molecule has 0 aliphatic carbocycles. The van der Waals surface area contributed by atoms with Crippen molar-refractivity contribution in [3.05, 3.63) is 59.5 Å². The Labute approximate surface area is 171 Å². The molecule has 0 atom stereocenters. The summed E-state index contributed by atoms with van der Waals surface area (Å²) >= 11 is 0. The number of aromatic nitrogens is 1. The number of nitrogens with zero attached hydrogens (tertiary/aromatic N) is 3. The molecule has 1 aromatic carbocycles. The van der Waals surface area contributed by atoms with E-state index >= 15 is 0 Å². The van der Waals surface area contributed by atoms with Crippen molar-refractivity contribution in [1.29, 1.82) is 0 Å². The number of carbonyl (C=O) groups excluding carboxylic acids is 1. The lowest BCUT2D eigenvalue weighted by Gasteiger charge is -2.34. The summed E-state index contributed by atoms with van der Waals surface area (Å²) in [4.78, 5) is 21.7. The van der Waals surface area contributed by atoms with Crippen LogP contribution in [0.15, 0.2) is 42.6 Å². The van der Waals surface area contributed by atoms with Crippen LogP contribution in [0.25, 0.3) is 0 Å². The number of carbonyl (C=O) groups is 1. The highest BCUT2D eigenvalue weighted by Crippen LogP contribution is 2.25. The Balaban J connectivity index is 1.35. The van der Waals surface area contributed by atoms with Gasteiger partial charge in [-0.15, -0.1) is 0 Å². The van der Waals surface area contributed by atoms with Crippen molar-refractivity contribution in [2.75, 3.05) is 31.1 Å². The van der Waals surface area contributed by atoms with E-state index < -0.39 is 0 Å². The first kappa shape index (κ1) is 19.8. The summed E-state index contributed by atoms with van der Waals surface area (Å²) in [6.45, 7) is 3.79. The van der Waals surface area contributed by atoms with Gasteiger partial charge in [-0.25, -0.2) is 9.37 Å². The molecule has 2 aliphatic rings. The van der Waals surface area contributed by atoms with Gasteiger partial charge in [0, 0.05) is 32.4 Å². The molecule has 2 saturated heterocycles. The number of ether oxygens (including phenoxy) is 1. The van der Waals surface area contributed by atoms with Crippen LogP contribution < -0.4 is 4.90 Å². The molecule has 1 aromatic heterocycles. The molecule has 6 heteroatoms. The Morgan fingerprint density at radius 2 is 1.76 bits per heavy atom. The Kier molecular flexibility index (Phi) is 6.39. The van der Waals surface area contributed by atoms with Crippen molar-refractivity contribution in [3.63, 3.8) is 0 Å². The first-order chi connectivity index (χ1) is 14.2. The Morgan fingerprint density at radius 1 is 1.03 bits per heavy atom. The van der Waals surface area contributed by atoms with Gasteiger partial charge in [0.25, 0.3) is 5.91 Å². The van der Waals surface area contributed by atoms with Gasteiger partial charge in [0.1, 0.15) is 11.6 Å². The summed E-state index contributed by atoms with van der Waals surface area (Å²) in [5.74, 6) is 0.662. The van der Waals surface area contributed by atoms with Gasteiger partial charge in [-0.05, 0) is 61.9 Å². The fourth-order valence-corrected chi connectivity index (χ4v) is 4.11. The van der Waals surface area contributed by atoms with Gasteiger partial charge in [-0.1, -0.05) is 12.1 Å². The van der Waals surface area contributed by atoms with E-state index in [1.54, 1.807) is 18.3 Å². The number of anilines is 1. The van der Waals surface area contributed by atoms with E-state index in [9.17, 15) is 9.18 Å². The van der Waals surface area contributed by atoms with Gasteiger partial charge in [0.15, 0.2) is 0 Å². The number of hydrogen-bond donors (Lipinski definition) is 0. The molecule has 29 heavy (non-hydrogen) atoms. The maximum atomic E-state index is 13.0. The number of amides is 1. The maximum Gasteiger partial charge on any atom is 0.257 e. The van der Waals surface area contributed by atoms with Crippen LogP contribution in [0.5, 0.6) is 0 Å². The van der Waals surface area contributed by atoms with Gasteiger partial charge in [-0.2, -0.15) is 0 Å². The monoisotopic (exact) mass is 397 g/mol. The molecule has 2 aromatic rings. The molecule has 0 bridgehead atoms. The fraction of sp³-hybridized carbons (Fsp3) is 0.478. The van der Waals surface area contributed by atoms with Crippen molar-refractivity contribution in [3.8, 4) is 0 Å². The van der Waals surface area contributed by atoms with E-state index in [0.29, 0.717) is 12.2 Å². The summed E-state index contributed by atoms with van der Waals surface area (Å²) in [7, 11) is 0. The van der Waals surface area contributed by atoms with Gasteiger partial charge in [-0.3, -0.25) is 4.79 Å². The third-order valence-electron chi connectivity index (χ3n) is 5.80. The topological polar surface area (TPSA) is 45.7 Å². The molecule has 4 rings (SSSR count). The lowest BCUT2D eigenvalue weighted by Crippen LogP contribution is -2.40. The molecular weight excluding hydrogens is 369 g/mol. The summed E-state index contributed by atoms with van der Waals surface area (Å²) in [6, 6.07) is 10.2. The Hall–Kier alpha value is -2.47. The van der Waals surface area contributed by atoms with Crippen LogP contribution in [0.1, 0.15) is 48.0 Å². The second-order valence-electron chi connectivity index (χ2n) is 7.85. The summed E-state index contributed by atoms with van der Waals surface area (Å²) in [5, 5.41) is 0. The zero-order chi connectivity index (χ0) is 20.1. The van der Waals surface area contributed by atoms with Crippen LogP contribution in [-0.2, 0) is 11.3 Å². The smallest absolute Gasteiger partial charge is 0.257 e. The summed E-state index contributed by atoms with van der Waals surface area (Å²) in [6.07, 6.45) is 7.07. The first-order valence-corrected chi connectivity index (χ1v) is 10.6. The predicted molar refractivity (Wildman–Crippen MR) is 110 cm³/mol. The molecule has 2 aliphatic heterocycles. The minimum Gasteiger partial charge on any atom is -0.373 e. The number of hydrogen-bond acceptors (Lipinski definition) is 4. The van der Waals surface area contributed by atoms with Crippen molar-refractivity contribution >= 4 is 11.7 Å². The van der Waals surface area contributed by atoms with Gasteiger partial charge in [0.2, 0.25) is 0 Å². The average molecular weight is 397 g/mol. The number of halogens is 1. The molecular formula is C23H28FN3O2. The molecule has 0 saturated carbocycles. The van der Waals surface area contributed by atoms with E-state index in [1.807, 2.05) is 17.0 Å². The molecule has 1 amide bonds. The highest BCUT2D eigenvalue weighted by atomic mass is 19.1. The Bertz CT molecular complexity index is 813.